The third-order valence-electron chi connectivity index (χ3n) is 2.85. The fraction of sp³-hybridized carbons (Fsp3) is 0.533. The molecule has 1 amide bonds. The fourth-order valence-electron chi connectivity index (χ4n) is 1.87. The van der Waals surface area contributed by atoms with Crippen LogP contribution in [0.2, 0.25) is 15.1 Å². The molecule has 1 atom stereocenters. The van der Waals surface area contributed by atoms with Gasteiger partial charge in [0.05, 0.1) is 15.1 Å². The molecule has 3 nitrogen and oxygen atoms in total. The normalized spacial score (nSPS) is 13.1. The van der Waals surface area contributed by atoms with Gasteiger partial charge >= 0.3 is 0 Å². The summed E-state index contributed by atoms with van der Waals surface area (Å²) in [4.78, 5) is 11.7. The lowest BCUT2D eigenvalue weighted by Crippen LogP contribution is -2.41. The molecule has 2 N–H and O–H groups in total. The van der Waals surface area contributed by atoms with Crippen molar-refractivity contribution >= 4 is 40.7 Å². The van der Waals surface area contributed by atoms with Gasteiger partial charge in [0.1, 0.15) is 0 Å². The van der Waals surface area contributed by atoms with Crippen LogP contribution in [0.4, 0.5) is 0 Å². The van der Waals surface area contributed by atoms with Crippen LogP contribution < -0.4 is 10.6 Å². The summed E-state index contributed by atoms with van der Waals surface area (Å²) in [6.07, 6.45) is 0.403. The van der Waals surface area contributed by atoms with Crippen molar-refractivity contribution in [1.82, 2.24) is 10.6 Å². The average Bonchev–Trinajstić information content (AvgIpc) is 2.33. The summed E-state index contributed by atoms with van der Waals surface area (Å²) in [7, 11) is 0. The van der Waals surface area contributed by atoms with E-state index < -0.39 is 0 Å². The highest BCUT2D eigenvalue weighted by Gasteiger charge is 2.16. The fourth-order valence-corrected chi connectivity index (χ4v) is 2.57. The average molecular weight is 352 g/mol. The molecule has 1 rings (SSSR count). The first-order chi connectivity index (χ1) is 9.61. The van der Waals surface area contributed by atoms with E-state index in [-0.39, 0.29) is 17.5 Å². The van der Waals surface area contributed by atoms with Crippen molar-refractivity contribution in [2.24, 2.45) is 0 Å². The Kier molecular flexibility index (Phi) is 6.79. The zero-order valence-electron chi connectivity index (χ0n) is 12.7. The third kappa shape index (κ3) is 6.03. The largest absolute Gasteiger partial charge is 0.351 e. The van der Waals surface area contributed by atoms with Gasteiger partial charge in [0.25, 0.3) is 0 Å². The lowest BCUT2D eigenvalue weighted by Gasteiger charge is -2.21. The van der Waals surface area contributed by atoms with Gasteiger partial charge in [-0.25, -0.2) is 0 Å². The number of nitrogens with one attached hydrogen (secondary N) is 2. The van der Waals surface area contributed by atoms with Gasteiger partial charge in [-0.1, -0.05) is 40.9 Å². The zero-order chi connectivity index (χ0) is 16.2. The number of amides is 1. The summed E-state index contributed by atoms with van der Waals surface area (Å²) in [5, 5.41) is 7.41. The molecule has 118 valence electrons. The van der Waals surface area contributed by atoms with E-state index in [2.05, 4.69) is 10.6 Å². The van der Waals surface area contributed by atoms with Crippen LogP contribution in [-0.4, -0.2) is 18.0 Å². The Bertz CT molecular complexity index is 512. The number of carbonyl (C=O) groups is 1. The predicted octanol–water partition coefficient (Wildman–Crippen LogP) is 4.60. The first-order valence-electron chi connectivity index (χ1n) is 6.79. The lowest BCUT2D eigenvalue weighted by atomic mass is 10.1. The van der Waals surface area contributed by atoms with Crippen molar-refractivity contribution in [1.29, 1.82) is 0 Å². The smallest absolute Gasteiger partial charge is 0.221 e. The lowest BCUT2D eigenvalue weighted by molar-refractivity contribution is -0.122. The van der Waals surface area contributed by atoms with Crippen molar-refractivity contribution in [3.63, 3.8) is 0 Å². The Hall–Kier alpha value is -0.480. The van der Waals surface area contributed by atoms with Crippen molar-refractivity contribution < 1.29 is 4.79 Å². The molecule has 6 heteroatoms. The van der Waals surface area contributed by atoms with Gasteiger partial charge in [-0.3, -0.25) is 4.79 Å². The molecule has 0 radical (unpaired) electrons. The summed E-state index contributed by atoms with van der Waals surface area (Å²) < 4.78 is 0. The van der Waals surface area contributed by atoms with E-state index in [9.17, 15) is 4.79 Å². The maximum atomic E-state index is 11.7. The van der Waals surface area contributed by atoms with Crippen LogP contribution in [0.3, 0.4) is 0 Å². The number of carbonyl (C=O) groups excluding carboxylic acids is 1. The maximum Gasteiger partial charge on any atom is 0.221 e. The molecule has 0 fully saturated rings. The monoisotopic (exact) mass is 350 g/mol. The Morgan fingerprint density at radius 3 is 2.38 bits per heavy atom. The van der Waals surface area contributed by atoms with Gasteiger partial charge in [-0.05, 0) is 39.3 Å². The van der Waals surface area contributed by atoms with Crippen LogP contribution in [-0.2, 0) is 4.79 Å². The topological polar surface area (TPSA) is 41.1 Å². The summed E-state index contributed by atoms with van der Waals surface area (Å²) >= 11 is 18.1. The van der Waals surface area contributed by atoms with Gasteiger partial charge < -0.3 is 10.6 Å². The number of halogens is 3. The summed E-state index contributed by atoms with van der Waals surface area (Å²) in [6.45, 7) is 8.38. The van der Waals surface area contributed by atoms with Gasteiger partial charge in [-0.2, -0.15) is 0 Å². The minimum absolute atomic E-state index is 0.0161. The number of hydrogen-bond acceptors (Lipinski definition) is 2. The van der Waals surface area contributed by atoms with E-state index in [1.54, 1.807) is 6.07 Å². The van der Waals surface area contributed by atoms with E-state index in [0.717, 1.165) is 5.56 Å². The van der Waals surface area contributed by atoms with Gasteiger partial charge in [0.2, 0.25) is 5.91 Å². The van der Waals surface area contributed by atoms with Crippen LogP contribution in [0.1, 0.15) is 45.7 Å². The molecule has 0 saturated heterocycles. The second-order valence-corrected chi connectivity index (χ2v) is 7.15. The van der Waals surface area contributed by atoms with E-state index in [1.807, 2.05) is 33.8 Å². The first kappa shape index (κ1) is 18.6. The molecule has 0 bridgehead atoms. The molecule has 0 heterocycles. The molecule has 21 heavy (non-hydrogen) atoms. The van der Waals surface area contributed by atoms with Crippen LogP contribution in [0.15, 0.2) is 12.1 Å². The SMILES string of the molecule is CC(NCCC(=O)NC(C)(C)C)c1ccc(Cl)c(Cl)c1Cl. The van der Waals surface area contributed by atoms with Crippen molar-refractivity contribution in [2.45, 2.75) is 45.7 Å². The summed E-state index contributed by atoms with van der Waals surface area (Å²) in [6, 6.07) is 3.54. The van der Waals surface area contributed by atoms with Crippen LogP contribution in [0.5, 0.6) is 0 Å². The van der Waals surface area contributed by atoms with Gasteiger partial charge in [0, 0.05) is 24.5 Å². The number of hydrogen-bond donors (Lipinski definition) is 2. The summed E-state index contributed by atoms with van der Waals surface area (Å²) in [5.41, 5.74) is 0.651. The van der Waals surface area contributed by atoms with Crippen LogP contribution in [0.25, 0.3) is 0 Å². The maximum absolute atomic E-state index is 11.7. The Balaban J connectivity index is 2.54. The summed E-state index contributed by atoms with van der Waals surface area (Å²) in [5.74, 6) is 0.0161. The molecule has 0 aliphatic rings. The Morgan fingerprint density at radius 1 is 1.19 bits per heavy atom. The highest BCUT2D eigenvalue weighted by molar-refractivity contribution is 6.48. The van der Waals surface area contributed by atoms with Crippen LogP contribution >= 0.6 is 34.8 Å². The molecule has 0 spiro atoms. The van der Waals surface area contributed by atoms with E-state index in [0.29, 0.717) is 28.0 Å². The molecular weight excluding hydrogens is 331 g/mol. The molecule has 0 aromatic heterocycles. The van der Waals surface area contributed by atoms with Crippen molar-refractivity contribution in [3.05, 3.63) is 32.8 Å². The number of rotatable bonds is 5. The van der Waals surface area contributed by atoms with E-state index in [4.69, 9.17) is 34.8 Å². The van der Waals surface area contributed by atoms with Gasteiger partial charge in [-0.15, -0.1) is 0 Å². The van der Waals surface area contributed by atoms with E-state index >= 15 is 0 Å². The quantitative estimate of drug-likeness (QED) is 0.761. The van der Waals surface area contributed by atoms with E-state index in [1.165, 1.54) is 0 Å². The Morgan fingerprint density at radius 2 is 1.81 bits per heavy atom. The van der Waals surface area contributed by atoms with Gasteiger partial charge in [0.15, 0.2) is 0 Å². The molecule has 1 aromatic rings. The Labute approximate surface area is 141 Å². The predicted molar refractivity (Wildman–Crippen MR) is 90.4 cm³/mol. The first-order valence-corrected chi connectivity index (χ1v) is 7.93. The minimum Gasteiger partial charge on any atom is -0.351 e. The zero-order valence-corrected chi connectivity index (χ0v) is 15.0. The molecule has 1 unspecified atom stereocenters. The minimum atomic E-state index is -0.213. The number of benzene rings is 1. The van der Waals surface area contributed by atoms with Crippen LogP contribution in [0, 0.1) is 0 Å². The second kappa shape index (κ2) is 7.68. The van der Waals surface area contributed by atoms with Crippen molar-refractivity contribution in [2.75, 3.05) is 6.54 Å². The molecular formula is C15H21Cl3N2O. The molecule has 1 aromatic carbocycles. The third-order valence-corrected chi connectivity index (χ3v) is 4.16. The molecule has 0 aliphatic carbocycles. The second-order valence-electron chi connectivity index (χ2n) is 5.99. The molecule has 0 aliphatic heterocycles. The van der Waals surface area contributed by atoms with Crippen molar-refractivity contribution in [3.8, 4) is 0 Å². The highest BCUT2D eigenvalue weighted by atomic mass is 35.5. The highest BCUT2D eigenvalue weighted by Crippen LogP contribution is 2.35. The standard InChI is InChI=1S/C15H21Cl3N2O/c1-9(10-5-6-11(16)14(18)13(10)17)19-8-7-12(21)20-15(2,3)4/h5-6,9,19H,7-8H2,1-4H3,(H,20,21). The molecule has 0 saturated carbocycles.